The number of fused-ring (bicyclic) bond motifs is 1. The number of ketones is 1. The van der Waals surface area contributed by atoms with Gasteiger partial charge < -0.3 is 39.0 Å². The molecule has 2 bridgehead atoms. The summed E-state index contributed by atoms with van der Waals surface area (Å²) in [6, 6.07) is 0. The molecule has 0 amide bonds. The number of hydrogen-bond acceptors (Lipinski definition) is 11. The average molecular weight is 730 g/mol. The second-order valence-electron chi connectivity index (χ2n) is 16.5. The minimum absolute atomic E-state index is 0.0967. The molecule has 3 aliphatic carbocycles. The number of carbonyl (C=O) groups is 3. The van der Waals surface area contributed by atoms with Crippen molar-refractivity contribution in [2.75, 3.05) is 11.9 Å². The third kappa shape index (κ3) is 5.47. The van der Waals surface area contributed by atoms with E-state index < -0.39 is 94.1 Å². The van der Waals surface area contributed by atoms with Crippen molar-refractivity contribution in [3.05, 3.63) is 11.6 Å². The molecule has 11 nitrogen and oxygen atoms in total. The van der Waals surface area contributed by atoms with Crippen molar-refractivity contribution in [2.24, 2.45) is 46.3 Å². The number of esters is 2. The van der Waals surface area contributed by atoms with E-state index in [1.165, 1.54) is 0 Å². The molecule has 5 aliphatic rings. The number of halogens is 1. The molecule has 47 heavy (non-hydrogen) atoms. The zero-order valence-corrected chi connectivity index (χ0v) is 30.8. The lowest BCUT2D eigenvalue weighted by Crippen LogP contribution is -2.78. The van der Waals surface area contributed by atoms with Crippen LogP contribution in [0, 0.1) is 46.3 Å². The SMILES string of the molecule is CC1=CC(=O)[C@@H](OC(CBr)OC(C)(C)C)[C@]2(C)C3C4(O)OC[C@]35C(C(OC(=O)CC(O)(C(C)C)C(C)C)C(=O)O[C@@H]5C[C@@H]12)[C@@H](C)[C@H]4O. The summed E-state index contributed by atoms with van der Waals surface area (Å²) in [5.74, 6) is -7.43. The average Bonchev–Trinajstić information content (AvgIpc) is 3.24. The molecular formula is C35H53BrO11. The summed E-state index contributed by atoms with van der Waals surface area (Å²) >= 11 is 3.46. The van der Waals surface area contributed by atoms with E-state index in [2.05, 4.69) is 15.9 Å². The molecule has 1 spiro atoms. The van der Waals surface area contributed by atoms with Gasteiger partial charge in [0.05, 0.1) is 29.6 Å². The minimum Gasteiger partial charge on any atom is -0.459 e. The fourth-order valence-corrected chi connectivity index (χ4v) is 10.3. The highest BCUT2D eigenvalue weighted by Gasteiger charge is 2.84. The highest BCUT2D eigenvalue weighted by molar-refractivity contribution is 9.09. The molecule has 2 saturated heterocycles. The molecule has 2 aliphatic heterocycles. The fourth-order valence-electron chi connectivity index (χ4n) is 10.1. The van der Waals surface area contributed by atoms with E-state index in [4.69, 9.17) is 23.7 Å². The molecule has 12 heteroatoms. The van der Waals surface area contributed by atoms with Crippen LogP contribution in [0.5, 0.6) is 0 Å². The van der Waals surface area contributed by atoms with E-state index in [1.54, 1.807) is 13.0 Å². The summed E-state index contributed by atoms with van der Waals surface area (Å²) in [4.78, 5) is 41.3. The van der Waals surface area contributed by atoms with Gasteiger partial charge >= 0.3 is 11.9 Å². The molecule has 0 radical (unpaired) electrons. The Labute approximate surface area is 286 Å². The summed E-state index contributed by atoms with van der Waals surface area (Å²) in [5.41, 5.74) is -3.52. The Morgan fingerprint density at radius 1 is 1.17 bits per heavy atom. The fraction of sp³-hybridized carbons (Fsp3) is 0.857. The molecule has 3 N–H and O–H groups in total. The molecule has 5 unspecified atom stereocenters. The van der Waals surface area contributed by atoms with Gasteiger partial charge in [-0.05, 0) is 63.9 Å². The van der Waals surface area contributed by atoms with Gasteiger partial charge in [0.1, 0.15) is 18.3 Å². The number of aliphatic hydroxyl groups is 3. The van der Waals surface area contributed by atoms with Gasteiger partial charge in [-0.2, -0.15) is 0 Å². The standard InChI is InChI=1S/C35H53BrO11/c1-16(2)34(41,17(3)4)13-23(38)45-26-25-19(6)27(39)35(42)30-32(10)20(12-22(44-29(26)40)33(25,30)15-43-35)18(5)11-21(37)28(32)46-24(14-36)47-31(7,8)9/h11,16-17,19-20,22,24-28,30,39,41-42H,12-15H2,1-10H3/t19-,20+,22-,24?,25?,26?,27-,28-,30?,32-,33+,35?/m1/s1. The lowest BCUT2D eigenvalue weighted by Gasteiger charge is -2.68. The number of alkyl halides is 1. The van der Waals surface area contributed by atoms with Crippen molar-refractivity contribution in [1.82, 2.24) is 0 Å². The van der Waals surface area contributed by atoms with E-state index in [1.807, 2.05) is 62.3 Å². The first-order valence-electron chi connectivity index (χ1n) is 16.9. The first-order chi connectivity index (χ1) is 21.6. The van der Waals surface area contributed by atoms with Crippen LogP contribution in [-0.2, 0) is 38.1 Å². The van der Waals surface area contributed by atoms with Crippen LogP contribution >= 0.6 is 15.9 Å². The van der Waals surface area contributed by atoms with Gasteiger partial charge in [-0.1, -0.05) is 63.0 Å². The number of aliphatic hydroxyl groups excluding tert-OH is 1. The Morgan fingerprint density at radius 3 is 2.34 bits per heavy atom. The van der Waals surface area contributed by atoms with Crippen molar-refractivity contribution in [3.8, 4) is 0 Å². The van der Waals surface area contributed by atoms with Gasteiger partial charge in [0.25, 0.3) is 0 Å². The van der Waals surface area contributed by atoms with Crippen LogP contribution in [0.3, 0.4) is 0 Å². The first kappa shape index (κ1) is 36.9. The lowest BCUT2D eigenvalue weighted by molar-refractivity contribution is -0.347. The summed E-state index contributed by atoms with van der Waals surface area (Å²) in [5, 5.41) is 35.9. The molecule has 12 atom stereocenters. The Hall–Kier alpha value is -1.41. The van der Waals surface area contributed by atoms with Gasteiger partial charge in [0, 0.05) is 22.7 Å². The van der Waals surface area contributed by atoms with Crippen LogP contribution in [-0.4, -0.2) is 92.7 Å². The number of ether oxygens (including phenoxy) is 5. The molecule has 0 aromatic heterocycles. The van der Waals surface area contributed by atoms with Crippen LogP contribution in [0.2, 0.25) is 0 Å². The Bertz CT molecular complexity index is 1300. The Morgan fingerprint density at radius 2 is 1.79 bits per heavy atom. The number of hydrogen-bond donors (Lipinski definition) is 3. The van der Waals surface area contributed by atoms with Crippen LogP contribution in [0.15, 0.2) is 11.6 Å². The predicted molar refractivity (Wildman–Crippen MR) is 173 cm³/mol. The van der Waals surface area contributed by atoms with Crippen molar-refractivity contribution >= 4 is 33.7 Å². The largest absolute Gasteiger partial charge is 0.459 e. The maximum absolute atomic E-state index is 14.0. The summed E-state index contributed by atoms with van der Waals surface area (Å²) in [6.45, 7) is 18.3. The topological polar surface area (TPSA) is 158 Å². The summed E-state index contributed by atoms with van der Waals surface area (Å²) in [7, 11) is 0. The Kier molecular flexibility index (Phi) is 9.51. The van der Waals surface area contributed by atoms with Crippen LogP contribution in [0.1, 0.15) is 82.1 Å². The van der Waals surface area contributed by atoms with Gasteiger partial charge in [-0.3, -0.25) is 9.59 Å². The molecule has 4 fully saturated rings. The van der Waals surface area contributed by atoms with Crippen molar-refractivity contribution < 1.29 is 53.4 Å². The van der Waals surface area contributed by atoms with Crippen LogP contribution < -0.4 is 0 Å². The zero-order chi connectivity index (χ0) is 35.2. The second kappa shape index (κ2) is 12.1. The van der Waals surface area contributed by atoms with Gasteiger partial charge in [-0.25, -0.2) is 4.79 Å². The molecule has 2 saturated carbocycles. The third-order valence-corrected chi connectivity index (χ3v) is 12.7. The van der Waals surface area contributed by atoms with E-state index in [-0.39, 0.29) is 36.0 Å². The van der Waals surface area contributed by atoms with Crippen molar-refractivity contribution in [2.45, 2.75) is 130 Å². The highest BCUT2D eigenvalue weighted by Crippen LogP contribution is 2.74. The second-order valence-corrected chi connectivity index (χ2v) is 17.2. The smallest absolute Gasteiger partial charge is 0.348 e. The monoisotopic (exact) mass is 728 g/mol. The third-order valence-electron chi connectivity index (χ3n) is 12.2. The van der Waals surface area contributed by atoms with Crippen LogP contribution in [0.4, 0.5) is 0 Å². The molecule has 0 aromatic carbocycles. The van der Waals surface area contributed by atoms with Gasteiger partial charge in [0.15, 0.2) is 17.9 Å². The number of carbonyl (C=O) groups excluding carboxylic acids is 3. The quantitative estimate of drug-likeness (QED) is 0.181. The zero-order valence-electron chi connectivity index (χ0n) is 29.2. The van der Waals surface area contributed by atoms with Gasteiger partial charge in [-0.15, -0.1) is 0 Å². The van der Waals surface area contributed by atoms with E-state index in [0.717, 1.165) is 5.57 Å². The van der Waals surface area contributed by atoms with E-state index in [0.29, 0.717) is 6.42 Å². The van der Waals surface area contributed by atoms with Gasteiger partial charge in [0.2, 0.25) is 6.10 Å². The van der Waals surface area contributed by atoms with Crippen LogP contribution in [0.25, 0.3) is 0 Å². The highest BCUT2D eigenvalue weighted by atomic mass is 79.9. The number of allylic oxidation sites excluding steroid dienone is 1. The summed E-state index contributed by atoms with van der Waals surface area (Å²) < 4.78 is 31.0. The molecular weight excluding hydrogens is 676 g/mol. The van der Waals surface area contributed by atoms with E-state index >= 15 is 0 Å². The maximum atomic E-state index is 14.0. The van der Waals surface area contributed by atoms with Crippen molar-refractivity contribution in [3.63, 3.8) is 0 Å². The molecule has 2 heterocycles. The minimum atomic E-state index is -2.12. The lowest BCUT2D eigenvalue weighted by atomic mass is 9.38. The molecule has 5 rings (SSSR count). The predicted octanol–water partition coefficient (Wildman–Crippen LogP) is 3.68. The molecule has 0 aromatic rings. The normalized spacial score (nSPS) is 42.1. The Balaban J connectivity index is 1.61. The summed E-state index contributed by atoms with van der Waals surface area (Å²) in [6.07, 6.45) is -4.11. The molecule has 266 valence electrons. The van der Waals surface area contributed by atoms with Crippen molar-refractivity contribution in [1.29, 1.82) is 0 Å². The number of rotatable bonds is 9. The van der Waals surface area contributed by atoms with E-state index in [9.17, 15) is 29.7 Å². The first-order valence-corrected chi connectivity index (χ1v) is 18.0. The maximum Gasteiger partial charge on any atom is 0.348 e.